The predicted octanol–water partition coefficient (Wildman–Crippen LogP) is 8.69. The molecule has 0 aliphatic rings. The van der Waals surface area contributed by atoms with Crippen molar-refractivity contribution in [2.75, 3.05) is 0 Å². The summed E-state index contributed by atoms with van der Waals surface area (Å²) in [6.07, 6.45) is 4.30. The van der Waals surface area contributed by atoms with E-state index in [4.69, 9.17) is 0 Å². The lowest BCUT2D eigenvalue weighted by atomic mass is 9.97. The Morgan fingerprint density at radius 1 is 0.353 bits per heavy atom. The van der Waals surface area contributed by atoms with Gasteiger partial charge in [0.25, 0.3) is 0 Å². The molecule has 0 spiro atoms. The van der Waals surface area contributed by atoms with Crippen LogP contribution in [0.1, 0.15) is 33.4 Å². The Balaban J connectivity index is 1.18. The molecule has 0 amide bonds. The zero-order valence-corrected chi connectivity index (χ0v) is 20.2. The van der Waals surface area contributed by atoms with Crippen molar-refractivity contribution in [3.8, 4) is 11.1 Å². The Kier molecular flexibility index (Phi) is 6.58. The molecule has 0 aromatic heterocycles. The lowest BCUT2D eigenvalue weighted by Gasteiger charge is -2.08. The highest BCUT2D eigenvalue weighted by molar-refractivity contribution is 5.83. The Morgan fingerprint density at radius 3 is 1.29 bits per heavy atom. The van der Waals surface area contributed by atoms with Crippen molar-refractivity contribution in [1.29, 1.82) is 0 Å². The number of hydrogen-bond acceptors (Lipinski definition) is 0. The molecule has 0 N–H and O–H groups in total. The van der Waals surface area contributed by atoms with Gasteiger partial charge in [-0.1, -0.05) is 120 Å². The van der Waals surface area contributed by atoms with E-state index < -0.39 is 0 Å². The second-order valence-corrected chi connectivity index (χ2v) is 9.56. The van der Waals surface area contributed by atoms with Crippen LogP contribution in [-0.2, 0) is 25.7 Å². The maximum absolute atomic E-state index is 2.34. The number of hydrogen-bond donors (Lipinski definition) is 0. The van der Waals surface area contributed by atoms with Crippen molar-refractivity contribution in [3.63, 3.8) is 0 Å². The van der Waals surface area contributed by atoms with Gasteiger partial charge in [-0.05, 0) is 83.7 Å². The molecule has 5 aromatic carbocycles. The highest BCUT2D eigenvalue weighted by Crippen LogP contribution is 2.23. The van der Waals surface area contributed by atoms with Crippen molar-refractivity contribution in [2.24, 2.45) is 0 Å². The minimum Gasteiger partial charge on any atom is -0.0591 e. The fourth-order valence-electron chi connectivity index (χ4n) is 4.63. The Morgan fingerprint density at radius 2 is 0.735 bits per heavy atom. The summed E-state index contributed by atoms with van der Waals surface area (Å²) < 4.78 is 0. The van der Waals surface area contributed by atoms with E-state index in [2.05, 4.69) is 123 Å². The molecule has 0 radical (unpaired) electrons. The van der Waals surface area contributed by atoms with Gasteiger partial charge in [0.2, 0.25) is 0 Å². The van der Waals surface area contributed by atoms with Crippen molar-refractivity contribution in [3.05, 3.63) is 143 Å². The molecule has 0 atom stereocenters. The smallest absolute Gasteiger partial charge is 0.0181 e. The molecule has 0 nitrogen and oxygen atoms in total. The third kappa shape index (κ3) is 5.46. The summed E-state index contributed by atoms with van der Waals surface area (Å²) in [5, 5.41) is 2.66. The first kappa shape index (κ1) is 22.2. The standard InChI is InChI=1S/C34H32/c1-25-3-6-27(7-4-25)8-9-28-12-18-31(19-13-28)32-20-14-29(15-21-32)10-11-30-16-22-33-23-26(2)5-17-34(33)24-30/h3-7,12-24H,8-11H2,1-2H3. The average Bonchev–Trinajstić information content (AvgIpc) is 2.88. The molecule has 0 saturated heterocycles. The zero-order chi connectivity index (χ0) is 23.3. The SMILES string of the molecule is Cc1ccc(CCc2ccc(-c3ccc(CCc4ccc5cc(C)ccc5c4)cc3)cc2)cc1. The molecule has 0 aliphatic heterocycles. The first-order chi connectivity index (χ1) is 16.6. The Hall–Kier alpha value is -3.64. The number of benzene rings is 5. The summed E-state index contributed by atoms with van der Waals surface area (Å²) in [6, 6.07) is 40.6. The monoisotopic (exact) mass is 440 g/mol. The van der Waals surface area contributed by atoms with Gasteiger partial charge in [0.05, 0.1) is 0 Å². The van der Waals surface area contributed by atoms with Gasteiger partial charge >= 0.3 is 0 Å². The molecule has 0 heterocycles. The van der Waals surface area contributed by atoms with Crippen LogP contribution in [0.3, 0.4) is 0 Å². The number of rotatable bonds is 7. The lowest BCUT2D eigenvalue weighted by Crippen LogP contribution is -1.92. The average molecular weight is 441 g/mol. The summed E-state index contributed by atoms with van der Waals surface area (Å²) in [5.74, 6) is 0. The van der Waals surface area contributed by atoms with Crippen LogP contribution in [0.15, 0.2) is 109 Å². The molecule has 0 heteroatoms. The van der Waals surface area contributed by atoms with Crippen LogP contribution in [-0.4, -0.2) is 0 Å². The normalized spacial score (nSPS) is 11.1. The molecule has 0 bridgehead atoms. The third-order valence-electron chi connectivity index (χ3n) is 6.83. The van der Waals surface area contributed by atoms with E-state index in [1.165, 1.54) is 55.3 Å². The number of fused-ring (bicyclic) bond motifs is 1. The van der Waals surface area contributed by atoms with E-state index in [0.717, 1.165) is 25.7 Å². The van der Waals surface area contributed by atoms with E-state index in [1.807, 2.05) is 0 Å². The molecular formula is C34H32. The largest absolute Gasteiger partial charge is 0.0591 e. The molecule has 5 aromatic rings. The predicted molar refractivity (Wildman–Crippen MR) is 147 cm³/mol. The maximum atomic E-state index is 2.34. The molecule has 0 fully saturated rings. The van der Waals surface area contributed by atoms with E-state index in [9.17, 15) is 0 Å². The van der Waals surface area contributed by atoms with Crippen LogP contribution in [0, 0.1) is 13.8 Å². The second kappa shape index (κ2) is 10.1. The van der Waals surface area contributed by atoms with Gasteiger partial charge in [0.1, 0.15) is 0 Å². The molecule has 34 heavy (non-hydrogen) atoms. The van der Waals surface area contributed by atoms with Gasteiger partial charge in [-0.2, -0.15) is 0 Å². The molecular weight excluding hydrogens is 408 g/mol. The van der Waals surface area contributed by atoms with Gasteiger partial charge in [-0.3, -0.25) is 0 Å². The maximum Gasteiger partial charge on any atom is -0.0181 e. The first-order valence-corrected chi connectivity index (χ1v) is 12.4. The van der Waals surface area contributed by atoms with Gasteiger partial charge in [-0.15, -0.1) is 0 Å². The van der Waals surface area contributed by atoms with Crippen LogP contribution < -0.4 is 0 Å². The van der Waals surface area contributed by atoms with Crippen LogP contribution >= 0.6 is 0 Å². The number of aryl methyl sites for hydroxylation is 6. The molecule has 0 saturated carbocycles. The van der Waals surface area contributed by atoms with E-state index in [1.54, 1.807) is 0 Å². The topological polar surface area (TPSA) is 0 Å². The zero-order valence-electron chi connectivity index (χ0n) is 20.2. The quantitative estimate of drug-likeness (QED) is 0.237. The van der Waals surface area contributed by atoms with E-state index in [0.29, 0.717) is 0 Å². The first-order valence-electron chi connectivity index (χ1n) is 12.4. The highest BCUT2D eigenvalue weighted by Gasteiger charge is 2.03. The second-order valence-electron chi connectivity index (χ2n) is 9.56. The lowest BCUT2D eigenvalue weighted by molar-refractivity contribution is 0.959. The van der Waals surface area contributed by atoms with Crippen molar-refractivity contribution in [2.45, 2.75) is 39.5 Å². The summed E-state index contributed by atoms with van der Waals surface area (Å²) >= 11 is 0. The van der Waals surface area contributed by atoms with Crippen LogP contribution in [0.25, 0.3) is 21.9 Å². The van der Waals surface area contributed by atoms with Gasteiger partial charge in [-0.25, -0.2) is 0 Å². The molecule has 0 aliphatic carbocycles. The van der Waals surface area contributed by atoms with Gasteiger partial charge < -0.3 is 0 Å². The molecule has 5 rings (SSSR count). The third-order valence-corrected chi connectivity index (χ3v) is 6.83. The van der Waals surface area contributed by atoms with Gasteiger partial charge in [0.15, 0.2) is 0 Å². The summed E-state index contributed by atoms with van der Waals surface area (Å²) in [5.41, 5.74) is 10.8. The summed E-state index contributed by atoms with van der Waals surface area (Å²) in [7, 11) is 0. The van der Waals surface area contributed by atoms with E-state index >= 15 is 0 Å². The van der Waals surface area contributed by atoms with Crippen LogP contribution in [0.5, 0.6) is 0 Å². The van der Waals surface area contributed by atoms with Crippen molar-refractivity contribution in [1.82, 2.24) is 0 Å². The fraction of sp³-hybridized carbons (Fsp3) is 0.176. The highest BCUT2D eigenvalue weighted by atomic mass is 14.1. The fourth-order valence-corrected chi connectivity index (χ4v) is 4.63. The van der Waals surface area contributed by atoms with Crippen LogP contribution in [0.2, 0.25) is 0 Å². The minimum atomic E-state index is 1.07. The Bertz CT molecular complexity index is 1370. The molecule has 168 valence electrons. The Labute approximate surface area is 203 Å². The van der Waals surface area contributed by atoms with Crippen molar-refractivity contribution < 1.29 is 0 Å². The van der Waals surface area contributed by atoms with E-state index in [-0.39, 0.29) is 0 Å². The minimum absolute atomic E-state index is 1.07. The molecule has 0 unspecified atom stereocenters. The van der Waals surface area contributed by atoms with Crippen molar-refractivity contribution >= 4 is 10.8 Å². The summed E-state index contributed by atoms with van der Waals surface area (Å²) in [4.78, 5) is 0. The summed E-state index contributed by atoms with van der Waals surface area (Å²) in [6.45, 7) is 4.29. The van der Waals surface area contributed by atoms with Gasteiger partial charge in [0, 0.05) is 0 Å². The van der Waals surface area contributed by atoms with Crippen LogP contribution in [0.4, 0.5) is 0 Å².